The molecule has 5 heteroatoms. The van der Waals surface area contributed by atoms with Gasteiger partial charge >= 0.3 is 0 Å². The number of rotatable bonds is 38. The second kappa shape index (κ2) is 34.5. The Morgan fingerprint density at radius 3 is 0.943 bits per heavy atom. The Morgan fingerprint density at radius 2 is 0.642 bits per heavy atom. The minimum absolute atomic E-state index is 0.171. The molecule has 0 aromatic heterocycles. The van der Waals surface area contributed by atoms with E-state index in [0.29, 0.717) is 11.8 Å². The van der Waals surface area contributed by atoms with Gasteiger partial charge in [-0.1, -0.05) is 121 Å². The van der Waals surface area contributed by atoms with Crippen LogP contribution in [0.15, 0.2) is 0 Å². The number of hydrogen-bond acceptors (Lipinski definition) is 3. The molecule has 0 amide bonds. The van der Waals surface area contributed by atoms with Gasteiger partial charge in [-0.15, -0.1) is 23.2 Å². The van der Waals surface area contributed by atoms with E-state index in [-0.39, 0.29) is 23.3 Å². The third-order valence-corrected chi connectivity index (χ3v) is 11.8. The van der Waals surface area contributed by atoms with Crippen molar-refractivity contribution in [2.75, 3.05) is 13.2 Å². The van der Waals surface area contributed by atoms with Crippen LogP contribution in [0.4, 0.5) is 0 Å². The van der Waals surface area contributed by atoms with E-state index < -0.39 is 0 Å². The topological polar surface area (TPSA) is 27.7 Å². The summed E-state index contributed by atoms with van der Waals surface area (Å²) < 4.78 is 19.7. The second-order valence-electron chi connectivity index (χ2n) is 19.0. The Kier molecular flexibility index (Phi) is 34.8. The van der Waals surface area contributed by atoms with E-state index in [9.17, 15) is 0 Å². The molecule has 0 bridgehead atoms. The summed E-state index contributed by atoms with van der Waals surface area (Å²) in [5.41, 5.74) is 0. The summed E-state index contributed by atoms with van der Waals surface area (Å²) in [7, 11) is 0. The molecule has 3 nitrogen and oxygen atoms in total. The fourth-order valence-corrected chi connectivity index (χ4v) is 9.96. The Bertz CT molecular complexity index is 716. The molecule has 0 aromatic carbocycles. The van der Waals surface area contributed by atoms with Crippen LogP contribution >= 0.6 is 23.2 Å². The van der Waals surface area contributed by atoms with Crippen LogP contribution < -0.4 is 0 Å². The standard InChI is InChI=1S/C48H96Cl2O3/c1-13-15-17-19-27-51-47(25-21-23-37(3)29-39(5)31-41(7)33-43(9)35-45(11)49)53-48(52-28-20-18-16-14-2)26-22-24-38(4)30-40(6)32-42(8)34-44(10)36-46(12)50/h37-48H,13-36H2,1-12H3. The van der Waals surface area contributed by atoms with Crippen molar-refractivity contribution in [3.63, 3.8) is 0 Å². The van der Waals surface area contributed by atoms with Gasteiger partial charge in [-0.25, -0.2) is 0 Å². The summed E-state index contributed by atoms with van der Waals surface area (Å²) in [6.07, 6.45) is 26.2. The van der Waals surface area contributed by atoms with Crippen LogP contribution in [0, 0.1) is 47.3 Å². The molecule has 0 spiro atoms. The van der Waals surface area contributed by atoms with Crippen molar-refractivity contribution >= 4 is 23.2 Å². The van der Waals surface area contributed by atoms with Gasteiger partial charge in [0.1, 0.15) is 0 Å². The third kappa shape index (κ3) is 34.2. The van der Waals surface area contributed by atoms with Gasteiger partial charge in [-0.05, 0) is 151 Å². The highest BCUT2D eigenvalue weighted by Crippen LogP contribution is 2.30. The van der Waals surface area contributed by atoms with Crippen molar-refractivity contribution in [1.29, 1.82) is 0 Å². The number of alkyl halides is 2. The lowest BCUT2D eigenvalue weighted by atomic mass is 9.83. The average Bonchev–Trinajstić information content (AvgIpc) is 3.02. The lowest BCUT2D eigenvalue weighted by Crippen LogP contribution is -2.28. The van der Waals surface area contributed by atoms with Crippen molar-refractivity contribution in [2.45, 2.75) is 248 Å². The first-order chi connectivity index (χ1) is 25.1. The van der Waals surface area contributed by atoms with Crippen LogP contribution in [-0.2, 0) is 14.2 Å². The van der Waals surface area contributed by atoms with Crippen LogP contribution in [0.2, 0.25) is 0 Å². The molecule has 0 aliphatic carbocycles. The van der Waals surface area contributed by atoms with Crippen LogP contribution in [0.1, 0.15) is 224 Å². The Balaban J connectivity index is 5.11. The maximum absolute atomic E-state index is 6.76. The highest BCUT2D eigenvalue weighted by Gasteiger charge is 2.21. The van der Waals surface area contributed by atoms with E-state index in [1.807, 2.05) is 0 Å². The molecule has 0 N–H and O–H groups in total. The second-order valence-corrected chi connectivity index (χ2v) is 20.5. The van der Waals surface area contributed by atoms with E-state index in [1.165, 1.54) is 89.9 Å². The van der Waals surface area contributed by atoms with Crippen LogP contribution in [-0.4, -0.2) is 36.5 Å². The van der Waals surface area contributed by atoms with Crippen molar-refractivity contribution < 1.29 is 14.2 Å². The molecular weight excluding hydrogens is 695 g/mol. The lowest BCUT2D eigenvalue weighted by Gasteiger charge is -2.27. The SMILES string of the molecule is CCCCCCOC(CCCC(C)CC(C)CC(C)CC(C)CC(C)Cl)OC(CCCC(C)CC(C)CC(C)CC(C)CC(C)Cl)OCCCCCC. The van der Waals surface area contributed by atoms with Gasteiger partial charge in [0.15, 0.2) is 12.6 Å². The molecule has 0 aliphatic rings. The first-order valence-corrected chi connectivity index (χ1v) is 24.2. The van der Waals surface area contributed by atoms with Gasteiger partial charge in [-0.3, -0.25) is 0 Å². The highest BCUT2D eigenvalue weighted by molar-refractivity contribution is 6.20. The average molecular weight is 792 g/mol. The molecule has 0 radical (unpaired) electrons. The van der Waals surface area contributed by atoms with Gasteiger partial charge in [0, 0.05) is 24.0 Å². The number of ether oxygens (including phenoxy) is 3. The van der Waals surface area contributed by atoms with Crippen LogP contribution in [0.5, 0.6) is 0 Å². The minimum Gasteiger partial charge on any atom is -0.353 e. The summed E-state index contributed by atoms with van der Waals surface area (Å²) in [4.78, 5) is 0. The maximum Gasteiger partial charge on any atom is 0.160 e. The van der Waals surface area contributed by atoms with E-state index in [4.69, 9.17) is 37.4 Å². The molecule has 0 fully saturated rings. The molecule has 0 aliphatic heterocycles. The van der Waals surface area contributed by atoms with Crippen molar-refractivity contribution in [3.8, 4) is 0 Å². The van der Waals surface area contributed by atoms with Gasteiger partial charge in [-0.2, -0.15) is 0 Å². The first kappa shape index (κ1) is 53.5. The largest absolute Gasteiger partial charge is 0.353 e. The summed E-state index contributed by atoms with van der Waals surface area (Å²) in [5, 5.41) is 0.560. The molecule has 0 aromatic rings. The van der Waals surface area contributed by atoms with Gasteiger partial charge in [0.25, 0.3) is 0 Å². The zero-order valence-corrected chi connectivity index (χ0v) is 39.4. The number of halogens is 2. The predicted octanol–water partition coefficient (Wildman–Crippen LogP) is 16.7. The summed E-state index contributed by atoms with van der Waals surface area (Å²) in [6, 6.07) is 0. The normalized spacial score (nSPS) is 19.1. The Morgan fingerprint density at radius 1 is 0.340 bits per heavy atom. The maximum atomic E-state index is 6.76. The van der Waals surface area contributed by atoms with E-state index in [1.54, 1.807) is 0 Å². The minimum atomic E-state index is -0.171. The Labute approximate surface area is 344 Å². The number of unbranched alkanes of at least 4 members (excludes halogenated alkanes) is 6. The molecule has 53 heavy (non-hydrogen) atoms. The molecule has 0 heterocycles. The molecule has 0 rings (SSSR count). The quantitative estimate of drug-likeness (QED) is 0.0354. The number of hydrogen-bond donors (Lipinski definition) is 0. The van der Waals surface area contributed by atoms with E-state index in [2.05, 4.69) is 83.1 Å². The third-order valence-electron chi connectivity index (χ3n) is 11.5. The van der Waals surface area contributed by atoms with E-state index in [0.717, 1.165) is 100 Å². The monoisotopic (exact) mass is 791 g/mol. The molecule has 0 saturated carbocycles. The molecule has 0 saturated heterocycles. The molecule has 320 valence electrons. The van der Waals surface area contributed by atoms with Gasteiger partial charge in [0.05, 0.1) is 0 Å². The summed E-state index contributed by atoms with van der Waals surface area (Å²) in [5.74, 6) is 5.91. The first-order valence-electron chi connectivity index (χ1n) is 23.3. The zero-order valence-electron chi connectivity index (χ0n) is 37.9. The lowest BCUT2D eigenvalue weighted by molar-refractivity contribution is -0.250. The molecule has 12 atom stereocenters. The van der Waals surface area contributed by atoms with Crippen molar-refractivity contribution in [2.24, 2.45) is 47.3 Å². The zero-order chi connectivity index (χ0) is 40.0. The van der Waals surface area contributed by atoms with Crippen molar-refractivity contribution in [3.05, 3.63) is 0 Å². The predicted molar refractivity (Wildman–Crippen MR) is 237 cm³/mol. The summed E-state index contributed by atoms with van der Waals surface area (Å²) in [6.45, 7) is 29.8. The molecule has 12 unspecified atom stereocenters. The summed E-state index contributed by atoms with van der Waals surface area (Å²) >= 11 is 12.5. The fraction of sp³-hybridized carbons (Fsp3) is 1.00. The smallest absolute Gasteiger partial charge is 0.160 e. The van der Waals surface area contributed by atoms with Crippen LogP contribution in [0.25, 0.3) is 0 Å². The van der Waals surface area contributed by atoms with Crippen LogP contribution in [0.3, 0.4) is 0 Å². The fourth-order valence-electron chi connectivity index (χ4n) is 9.35. The van der Waals surface area contributed by atoms with E-state index >= 15 is 0 Å². The van der Waals surface area contributed by atoms with Gasteiger partial charge in [0.2, 0.25) is 0 Å². The van der Waals surface area contributed by atoms with Crippen molar-refractivity contribution in [1.82, 2.24) is 0 Å². The van der Waals surface area contributed by atoms with Gasteiger partial charge < -0.3 is 14.2 Å². The Hall–Kier alpha value is 0.460. The highest BCUT2D eigenvalue weighted by atomic mass is 35.5. The molecular formula is C48H96Cl2O3.